The number of rotatable bonds is 3. The van der Waals surface area contributed by atoms with E-state index in [0.29, 0.717) is 24.3 Å². The van der Waals surface area contributed by atoms with E-state index in [-0.39, 0.29) is 23.3 Å². The topological polar surface area (TPSA) is 40.6 Å². The van der Waals surface area contributed by atoms with E-state index in [2.05, 4.69) is 0 Å². The Labute approximate surface area is 195 Å². The molecule has 0 aliphatic carbocycles. The Morgan fingerprint density at radius 1 is 0.970 bits per heavy atom. The van der Waals surface area contributed by atoms with E-state index >= 15 is 0 Å². The van der Waals surface area contributed by atoms with Crippen molar-refractivity contribution in [1.82, 2.24) is 4.90 Å². The highest BCUT2D eigenvalue weighted by Crippen LogP contribution is 2.42. The highest BCUT2D eigenvalue weighted by Gasteiger charge is 2.33. The van der Waals surface area contributed by atoms with Gasteiger partial charge in [0.2, 0.25) is 5.91 Å². The van der Waals surface area contributed by atoms with Gasteiger partial charge in [-0.3, -0.25) is 9.59 Å². The average Bonchev–Trinajstić information content (AvgIpc) is 2.76. The SMILES string of the molecule is O=C(/C=C1/Sc2ccccc2N(Cc2cccc(C(F)(F)F)c2)C1=O)N1CCCCCCC1. The van der Waals surface area contributed by atoms with Gasteiger partial charge < -0.3 is 9.80 Å². The van der Waals surface area contributed by atoms with E-state index in [0.717, 1.165) is 42.7 Å². The summed E-state index contributed by atoms with van der Waals surface area (Å²) < 4.78 is 39.5. The second kappa shape index (κ2) is 10.0. The van der Waals surface area contributed by atoms with Crippen molar-refractivity contribution < 1.29 is 22.8 Å². The highest BCUT2D eigenvalue weighted by atomic mass is 32.2. The van der Waals surface area contributed by atoms with Crippen molar-refractivity contribution in [3.05, 3.63) is 70.6 Å². The maximum atomic E-state index is 13.4. The second-order valence-electron chi connectivity index (χ2n) is 8.26. The van der Waals surface area contributed by atoms with Crippen molar-refractivity contribution in [3.63, 3.8) is 0 Å². The summed E-state index contributed by atoms with van der Waals surface area (Å²) >= 11 is 1.23. The first-order valence-corrected chi connectivity index (χ1v) is 11.9. The number of benzene rings is 2. The molecule has 0 aromatic heterocycles. The summed E-state index contributed by atoms with van der Waals surface area (Å²) in [7, 11) is 0. The quantitative estimate of drug-likeness (QED) is 0.511. The first-order chi connectivity index (χ1) is 15.8. The maximum absolute atomic E-state index is 13.4. The lowest BCUT2D eigenvalue weighted by Crippen LogP contribution is -2.36. The minimum Gasteiger partial charge on any atom is -0.339 e. The van der Waals surface area contributed by atoms with Gasteiger partial charge in [0, 0.05) is 24.1 Å². The van der Waals surface area contributed by atoms with E-state index in [4.69, 9.17) is 0 Å². The number of thioether (sulfide) groups is 1. The fraction of sp³-hybridized carbons (Fsp3) is 0.360. The number of fused-ring (bicyclic) bond motifs is 1. The third kappa shape index (κ3) is 5.61. The summed E-state index contributed by atoms with van der Waals surface area (Å²) in [5.41, 5.74) is 0.241. The van der Waals surface area contributed by atoms with E-state index < -0.39 is 11.7 Å². The van der Waals surface area contributed by atoms with Crippen LogP contribution >= 0.6 is 11.8 Å². The molecule has 2 aromatic rings. The van der Waals surface area contributed by atoms with Gasteiger partial charge in [-0.15, -0.1) is 0 Å². The van der Waals surface area contributed by atoms with Crippen LogP contribution in [0.1, 0.15) is 43.2 Å². The summed E-state index contributed by atoms with van der Waals surface area (Å²) in [4.78, 5) is 30.6. The summed E-state index contributed by atoms with van der Waals surface area (Å²) in [5, 5.41) is 0. The fourth-order valence-corrected chi connectivity index (χ4v) is 5.14. The summed E-state index contributed by atoms with van der Waals surface area (Å²) in [6, 6.07) is 12.2. The molecule has 0 radical (unpaired) electrons. The molecule has 174 valence electrons. The standard InChI is InChI=1S/C25H25F3N2O2S/c26-25(27,28)19-10-8-9-18(15-19)17-30-20-11-4-5-12-21(20)33-22(24(30)32)16-23(31)29-13-6-2-1-3-7-14-29/h4-5,8-12,15-16H,1-3,6-7,13-14,17H2/b22-16+. The Morgan fingerprint density at radius 3 is 2.39 bits per heavy atom. The zero-order valence-corrected chi connectivity index (χ0v) is 18.9. The van der Waals surface area contributed by atoms with Crippen LogP contribution in [0.5, 0.6) is 0 Å². The highest BCUT2D eigenvalue weighted by molar-refractivity contribution is 8.04. The number of hydrogen-bond donors (Lipinski definition) is 0. The van der Waals surface area contributed by atoms with Crippen LogP contribution in [-0.2, 0) is 22.3 Å². The molecule has 0 unspecified atom stereocenters. The molecule has 2 aliphatic heterocycles. The number of hydrogen-bond acceptors (Lipinski definition) is 3. The molecule has 1 saturated heterocycles. The van der Waals surface area contributed by atoms with Crippen LogP contribution in [0, 0.1) is 0 Å². The predicted molar refractivity (Wildman–Crippen MR) is 123 cm³/mol. The summed E-state index contributed by atoms with van der Waals surface area (Å²) in [6.45, 7) is 1.33. The number of nitrogens with zero attached hydrogens (tertiary/aromatic N) is 2. The van der Waals surface area contributed by atoms with Crippen LogP contribution in [-0.4, -0.2) is 29.8 Å². The van der Waals surface area contributed by atoms with Crippen molar-refractivity contribution in [2.24, 2.45) is 0 Å². The fourth-order valence-electron chi connectivity index (χ4n) is 4.12. The van der Waals surface area contributed by atoms with Crippen molar-refractivity contribution in [2.45, 2.75) is 49.7 Å². The Kier molecular flexibility index (Phi) is 7.12. The Balaban J connectivity index is 1.61. The van der Waals surface area contributed by atoms with Gasteiger partial charge in [-0.05, 0) is 42.7 Å². The molecule has 0 atom stereocenters. The zero-order chi connectivity index (χ0) is 23.4. The lowest BCUT2D eigenvalue weighted by Gasteiger charge is -2.31. The van der Waals surface area contributed by atoms with Gasteiger partial charge >= 0.3 is 6.18 Å². The van der Waals surface area contributed by atoms with Crippen molar-refractivity contribution in [1.29, 1.82) is 0 Å². The molecule has 1 fully saturated rings. The normalized spacial score (nSPS) is 18.6. The second-order valence-corrected chi connectivity index (χ2v) is 9.34. The van der Waals surface area contributed by atoms with E-state index in [1.54, 1.807) is 23.1 Å². The first-order valence-electron chi connectivity index (χ1n) is 11.1. The summed E-state index contributed by atoms with van der Waals surface area (Å²) in [6.07, 6.45) is 2.18. The summed E-state index contributed by atoms with van der Waals surface area (Å²) in [5.74, 6) is -0.567. The average molecular weight is 475 g/mol. The third-order valence-electron chi connectivity index (χ3n) is 5.85. The van der Waals surface area contributed by atoms with Crippen LogP contribution < -0.4 is 4.90 Å². The number of halogens is 3. The van der Waals surface area contributed by atoms with Crippen LogP contribution in [0.15, 0.2) is 64.4 Å². The minimum atomic E-state index is -4.46. The Bertz CT molecular complexity index is 1060. The number of alkyl halides is 3. The molecule has 0 N–H and O–H groups in total. The molecular weight excluding hydrogens is 449 g/mol. The monoisotopic (exact) mass is 474 g/mol. The molecule has 33 heavy (non-hydrogen) atoms. The van der Waals surface area contributed by atoms with Gasteiger partial charge in [0.1, 0.15) is 0 Å². The molecule has 2 aromatic carbocycles. The number of likely N-dealkylation sites (tertiary alicyclic amines) is 1. The molecule has 8 heteroatoms. The van der Waals surface area contributed by atoms with Gasteiger partial charge in [-0.1, -0.05) is 55.3 Å². The molecule has 0 saturated carbocycles. The Hall–Kier alpha value is -2.74. The molecule has 0 spiro atoms. The molecule has 2 amide bonds. The Morgan fingerprint density at radius 2 is 1.67 bits per heavy atom. The van der Waals surface area contributed by atoms with Gasteiger partial charge in [0.25, 0.3) is 5.91 Å². The molecule has 0 bridgehead atoms. The number of carbonyl (C=O) groups excluding carboxylic acids is 2. The number of anilines is 1. The molecule has 2 heterocycles. The van der Waals surface area contributed by atoms with Crippen LogP contribution in [0.25, 0.3) is 0 Å². The zero-order valence-electron chi connectivity index (χ0n) is 18.1. The molecular formula is C25H25F3N2O2S. The largest absolute Gasteiger partial charge is 0.416 e. The number of amides is 2. The molecule has 2 aliphatic rings. The predicted octanol–water partition coefficient (Wildman–Crippen LogP) is 6.02. The van der Waals surface area contributed by atoms with Crippen LogP contribution in [0.2, 0.25) is 0 Å². The number of para-hydroxylation sites is 1. The van der Waals surface area contributed by atoms with E-state index in [1.165, 1.54) is 35.2 Å². The smallest absolute Gasteiger partial charge is 0.339 e. The van der Waals surface area contributed by atoms with Gasteiger partial charge in [0.15, 0.2) is 0 Å². The van der Waals surface area contributed by atoms with Gasteiger partial charge in [-0.25, -0.2) is 0 Å². The maximum Gasteiger partial charge on any atom is 0.416 e. The lowest BCUT2D eigenvalue weighted by molar-refractivity contribution is -0.137. The van der Waals surface area contributed by atoms with Crippen LogP contribution in [0.3, 0.4) is 0 Å². The third-order valence-corrected chi connectivity index (χ3v) is 6.93. The van der Waals surface area contributed by atoms with Gasteiger partial charge in [0.05, 0.1) is 22.7 Å². The van der Waals surface area contributed by atoms with Gasteiger partial charge in [-0.2, -0.15) is 13.2 Å². The van der Waals surface area contributed by atoms with E-state index in [9.17, 15) is 22.8 Å². The lowest BCUT2D eigenvalue weighted by atomic mass is 10.1. The van der Waals surface area contributed by atoms with Crippen molar-refractivity contribution >= 4 is 29.3 Å². The van der Waals surface area contributed by atoms with E-state index in [1.807, 2.05) is 12.1 Å². The molecule has 4 rings (SSSR count). The van der Waals surface area contributed by atoms with Crippen LogP contribution in [0.4, 0.5) is 18.9 Å². The first kappa shape index (κ1) is 23.4. The van der Waals surface area contributed by atoms with Crippen molar-refractivity contribution in [2.75, 3.05) is 18.0 Å². The van der Waals surface area contributed by atoms with Crippen molar-refractivity contribution in [3.8, 4) is 0 Å². The molecule has 4 nitrogen and oxygen atoms in total. The number of carbonyl (C=O) groups is 2. The minimum absolute atomic E-state index is 0.0183.